The molecule has 2 heterocycles. The fourth-order valence-corrected chi connectivity index (χ4v) is 6.56. The molecule has 0 saturated carbocycles. The van der Waals surface area contributed by atoms with Gasteiger partial charge in [-0.05, 0) is 61.9 Å². The molecule has 1 saturated heterocycles. The van der Waals surface area contributed by atoms with Crippen molar-refractivity contribution < 1.29 is 22.7 Å². The number of carbonyl (C=O) groups excluding carboxylic acids is 1. The monoisotopic (exact) mass is 497 g/mol. The average molecular weight is 498 g/mol. The Labute approximate surface area is 205 Å². The number of hydrogen-bond donors (Lipinski definition) is 2. The first kappa shape index (κ1) is 23.8. The third-order valence-corrected chi connectivity index (χ3v) is 8.72. The molecule has 1 aliphatic carbocycles. The number of para-hydroxylation sites is 1. The minimum Gasteiger partial charge on any atom is -0.492 e. The van der Waals surface area contributed by atoms with Crippen molar-refractivity contribution in [3.05, 3.63) is 53.2 Å². The second-order valence-electron chi connectivity index (χ2n) is 9.22. The molecule has 9 heteroatoms. The molecule has 2 aromatic carbocycles. The lowest BCUT2D eigenvalue weighted by molar-refractivity contribution is 0.0729. The molecule has 8 nitrogen and oxygen atoms in total. The zero-order valence-electron chi connectivity index (χ0n) is 20.1. The van der Waals surface area contributed by atoms with Gasteiger partial charge in [0.1, 0.15) is 10.6 Å². The molecule has 1 amide bonds. The molecule has 2 aliphatic rings. The van der Waals surface area contributed by atoms with E-state index in [2.05, 4.69) is 23.3 Å². The van der Waals surface area contributed by atoms with Crippen LogP contribution in [0.2, 0.25) is 0 Å². The number of hydrogen-bond acceptors (Lipinski definition) is 5. The minimum absolute atomic E-state index is 0.0431. The molecule has 35 heavy (non-hydrogen) atoms. The van der Waals surface area contributed by atoms with Gasteiger partial charge in [0.05, 0.1) is 30.9 Å². The lowest BCUT2D eigenvalue weighted by atomic mass is 9.87. The lowest BCUT2D eigenvalue weighted by Crippen LogP contribution is -2.40. The molecule has 0 spiro atoms. The van der Waals surface area contributed by atoms with Gasteiger partial charge in [-0.15, -0.1) is 0 Å². The Bertz CT molecular complexity index is 1360. The Morgan fingerprint density at radius 3 is 2.80 bits per heavy atom. The molecule has 2 N–H and O–H groups in total. The van der Waals surface area contributed by atoms with E-state index >= 15 is 0 Å². The van der Waals surface area contributed by atoms with Crippen LogP contribution in [0.25, 0.3) is 10.9 Å². The second kappa shape index (κ2) is 9.64. The van der Waals surface area contributed by atoms with E-state index < -0.39 is 10.0 Å². The number of aryl methyl sites for hydroxylation is 1. The third kappa shape index (κ3) is 4.55. The molecule has 1 aliphatic heterocycles. The van der Waals surface area contributed by atoms with E-state index in [9.17, 15) is 13.2 Å². The smallest absolute Gasteiger partial charge is 0.257 e. The van der Waals surface area contributed by atoms with Gasteiger partial charge in [-0.2, -0.15) is 4.31 Å². The van der Waals surface area contributed by atoms with Crippen molar-refractivity contribution in [3.63, 3.8) is 0 Å². The fraction of sp³-hybridized carbons (Fsp3) is 0.423. The van der Waals surface area contributed by atoms with Gasteiger partial charge in [-0.3, -0.25) is 4.79 Å². The number of fused-ring (bicyclic) bond motifs is 3. The van der Waals surface area contributed by atoms with Crippen molar-refractivity contribution in [2.75, 3.05) is 38.2 Å². The molecule has 0 bridgehead atoms. The van der Waals surface area contributed by atoms with Crippen molar-refractivity contribution in [2.45, 2.75) is 38.0 Å². The maximum absolute atomic E-state index is 13.4. The number of ether oxygens (including phenoxy) is 2. The highest BCUT2D eigenvalue weighted by molar-refractivity contribution is 7.89. The van der Waals surface area contributed by atoms with E-state index in [0.717, 1.165) is 30.2 Å². The summed E-state index contributed by atoms with van der Waals surface area (Å²) in [6.07, 6.45) is 3.11. The predicted octanol–water partition coefficient (Wildman–Crippen LogP) is 3.96. The van der Waals surface area contributed by atoms with Gasteiger partial charge >= 0.3 is 0 Å². The van der Waals surface area contributed by atoms with Crippen LogP contribution in [0.5, 0.6) is 5.75 Å². The summed E-state index contributed by atoms with van der Waals surface area (Å²) < 4.78 is 39.1. The summed E-state index contributed by atoms with van der Waals surface area (Å²) >= 11 is 0. The van der Waals surface area contributed by atoms with Crippen molar-refractivity contribution in [1.29, 1.82) is 0 Å². The number of anilines is 1. The third-order valence-electron chi connectivity index (χ3n) is 6.80. The maximum Gasteiger partial charge on any atom is 0.257 e. The van der Waals surface area contributed by atoms with Gasteiger partial charge in [0, 0.05) is 29.9 Å². The first-order valence-corrected chi connectivity index (χ1v) is 13.6. The van der Waals surface area contributed by atoms with Gasteiger partial charge in [-0.1, -0.05) is 19.1 Å². The number of aromatic nitrogens is 1. The van der Waals surface area contributed by atoms with E-state index in [4.69, 9.17) is 9.47 Å². The number of sulfonamides is 1. The number of carbonyl (C=O) groups is 1. The summed E-state index contributed by atoms with van der Waals surface area (Å²) in [5, 5.41) is 3.99. The van der Waals surface area contributed by atoms with Crippen LogP contribution < -0.4 is 10.1 Å². The molecule has 186 valence electrons. The van der Waals surface area contributed by atoms with E-state index in [1.807, 2.05) is 6.07 Å². The van der Waals surface area contributed by atoms with Crippen LogP contribution in [0.4, 0.5) is 5.69 Å². The van der Waals surface area contributed by atoms with Gasteiger partial charge in [0.15, 0.2) is 0 Å². The van der Waals surface area contributed by atoms with Crippen LogP contribution in [0.15, 0.2) is 41.3 Å². The van der Waals surface area contributed by atoms with Crippen LogP contribution in [0.1, 0.15) is 41.9 Å². The van der Waals surface area contributed by atoms with Gasteiger partial charge in [0.2, 0.25) is 10.0 Å². The highest BCUT2D eigenvalue weighted by atomic mass is 32.2. The summed E-state index contributed by atoms with van der Waals surface area (Å²) in [6.45, 7) is 5.65. The Morgan fingerprint density at radius 1 is 1.23 bits per heavy atom. The Balaban J connectivity index is 1.47. The maximum atomic E-state index is 13.4. The number of nitrogens with one attached hydrogen (secondary N) is 2. The first-order valence-electron chi connectivity index (χ1n) is 12.2. The molecular formula is C26H31N3O5S. The zero-order chi connectivity index (χ0) is 24.6. The van der Waals surface area contributed by atoms with Crippen LogP contribution in [-0.4, -0.2) is 56.5 Å². The van der Waals surface area contributed by atoms with E-state index in [-0.39, 0.29) is 29.6 Å². The van der Waals surface area contributed by atoms with Crippen molar-refractivity contribution in [3.8, 4) is 5.75 Å². The van der Waals surface area contributed by atoms with Crippen molar-refractivity contribution in [1.82, 2.24) is 9.29 Å². The van der Waals surface area contributed by atoms with Crippen LogP contribution in [-0.2, 0) is 27.6 Å². The van der Waals surface area contributed by atoms with Crippen LogP contribution in [0.3, 0.4) is 0 Å². The standard InChI is InChI=1S/C26H31N3O5S/c1-3-34-23-10-8-18(16-24(23)35(31,32)29-11-13-33-14-12-29)27-26(30)20-6-4-5-19-21-15-17(2)7-9-22(21)28-25(19)20/h4-6,8,10,16-17,28H,3,7,9,11-15H2,1-2H3,(H,27,30). The lowest BCUT2D eigenvalue weighted by Gasteiger charge is -2.27. The highest BCUT2D eigenvalue weighted by Crippen LogP contribution is 2.34. The number of nitrogens with zero attached hydrogens (tertiary/aromatic N) is 1. The molecule has 1 fully saturated rings. The summed E-state index contributed by atoms with van der Waals surface area (Å²) in [6, 6.07) is 10.5. The molecule has 3 aromatic rings. The quantitative estimate of drug-likeness (QED) is 0.537. The van der Waals surface area contributed by atoms with Gasteiger partial charge < -0.3 is 19.8 Å². The number of aromatic amines is 1. The molecule has 1 atom stereocenters. The number of morpholine rings is 1. The van der Waals surface area contributed by atoms with Gasteiger partial charge in [-0.25, -0.2) is 8.42 Å². The molecular weight excluding hydrogens is 466 g/mol. The van der Waals surface area contributed by atoms with Crippen LogP contribution in [0, 0.1) is 5.92 Å². The summed E-state index contributed by atoms with van der Waals surface area (Å²) in [7, 11) is -3.81. The van der Waals surface area contributed by atoms with Crippen molar-refractivity contribution >= 4 is 32.5 Å². The first-order chi connectivity index (χ1) is 16.9. The largest absolute Gasteiger partial charge is 0.492 e. The summed E-state index contributed by atoms with van der Waals surface area (Å²) in [5.41, 5.74) is 4.27. The Morgan fingerprint density at radius 2 is 2.03 bits per heavy atom. The van der Waals surface area contributed by atoms with Crippen LogP contribution >= 0.6 is 0 Å². The molecule has 5 rings (SSSR count). The number of rotatable bonds is 6. The van der Waals surface area contributed by atoms with Crippen molar-refractivity contribution in [2.24, 2.45) is 5.92 Å². The molecule has 1 aromatic heterocycles. The average Bonchev–Trinajstić information content (AvgIpc) is 3.23. The normalized spacial score (nSPS) is 18.9. The SMILES string of the molecule is CCOc1ccc(NC(=O)c2cccc3c4c([nH]c23)CCC(C)C4)cc1S(=O)(=O)N1CCOCC1. The topological polar surface area (TPSA) is 101 Å². The Hall–Kier alpha value is -2.88. The zero-order valence-corrected chi connectivity index (χ0v) is 20.9. The number of benzene rings is 2. The predicted molar refractivity (Wildman–Crippen MR) is 135 cm³/mol. The van der Waals surface area contributed by atoms with E-state index in [0.29, 0.717) is 37.0 Å². The van der Waals surface area contributed by atoms with E-state index in [1.54, 1.807) is 25.1 Å². The molecule has 1 unspecified atom stereocenters. The summed E-state index contributed by atoms with van der Waals surface area (Å²) in [5.74, 6) is 0.598. The minimum atomic E-state index is -3.81. The highest BCUT2D eigenvalue weighted by Gasteiger charge is 2.30. The second-order valence-corrected chi connectivity index (χ2v) is 11.1. The number of H-pyrrole nitrogens is 1. The fourth-order valence-electron chi connectivity index (χ4n) is 4.99. The van der Waals surface area contributed by atoms with Gasteiger partial charge in [0.25, 0.3) is 5.91 Å². The number of amides is 1. The van der Waals surface area contributed by atoms with E-state index in [1.165, 1.54) is 21.6 Å². The molecule has 0 radical (unpaired) electrons. The Kier molecular flexibility index (Phi) is 6.57. The summed E-state index contributed by atoms with van der Waals surface area (Å²) in [4.78, 5) is 16.9.